The number of aromatic carboxylic acids is 1. The molecule has 3 N–H and O–H groups in total. The summed E-state index contributed by atoms with van der Waals surface area (Å²) in [5.41, 5.74) is -1.78. The van der Waals surface area contributed by atoms with Crippen molar-refractivity contribution >= 4 is 40.3 Å². The fourth-order valence-electron chi connectivity index (χ4n) is 2.14. The molecule has 0 aliphatic rings. The number of benzene rings is 2. The second-order valence-corrected chi connectivity index (χ2v) is 5.09. The highest BCUT2D eigenvalue weighted by Gasteiger charge is 2.28. The molecule has 2 rings (SSSR count). The van der Waals surface area contributed by atoms with Crippen LogP contribution in [0.4, 0.5) is 28.4 Å². The Kier molecular flexibility index (Phi) is 5.11. The average Bonchev–Trinajstić information content (AvgIpc) is 2.55. The van der Waals surface area contributed by atoms with Crippen LogP contribution < -0.4 is 10.6 Å². The highest BCUT2D eigenvalue weighted by atomic mass is 16.6. The van der Waals surface area contributed by atoms with Gasteiger partial charge in [0, 0.05) is 30.4 Å². The Labute approximate surface area is 145 Å². The maximum Gasteiger partial charge on any atom is 0.336 e. The first-order valence-corrected chi connectivity index (χ1v) is 7.04. The minimum absolute atomic E-state index is 0.272. The zero-order valence-electron chi connectivity index (χ0n) is 13.3. The van der Waals surface area contributed by atoms with Gasteiger partial charge in [0.25, 0.3) is 0 Å². The summed E-state index contributed by atoms with van der Waals surface area (Å²) in [6, 6.07) is 7.36. The normalized spacial score (nSPS) is 10.0. The lowest BCUT2D eigenvalue weighted by atomic mass is 10.1. The summed E-state index contributed by atoms with van der Waals surface area (Å²) in [6.07, 6.45) is 0. The number of anilines is 3. The van der Waals surface area contributed by atoms with Gasteiger partial charge < -0.3 is 15.7 Å². The predicted molar refractivity (Wildman–Crippen MR) is 90.7 cm³/mol. The Balaban J connectivity index is 2.50. The monoisotopic (exact) mass is 360 g/mol. The molecule has 0 spiro atoms. The molecule has 11 nitrogen and oxygen atoms in total. The van der Waals surface area contributed by atoms with E-state index < -0.39 is 38.4 Å². The minimum atomic E-state index is -1.53. The summed E-state index contributed by atoms with van der Waals surface area (Å²) in [5, 5.41) is 36.5. The summed E-state index contributed by atoms with van der Waals surface area (Å²) in [7, 11) is 0. The van der Waals surface area contributed by atoms with Crippen LogP contribution in [0.5, 0.6) is 0 Å². The van der Waals surface area contributed by atoms with E-state index >= 15 is 0 Å². The Morgan fingerprint density at radius 3 is 1.81 bits per heavy atom. The fraction of sp³-hybridized carbons (Fsp3) is 0.0667. The van der Waals surface area contributed by atoms with Gasteiger partial charge in [-0.2, -0.15) is 0 Å². The van der Waals surface area contributed by atoms with Crippen LogP contribution in [-0.2, 0) is 4.79 Å². The SMILES string of the molecule is CC(=O)Nc1ccc(Nc2c([N+](=O)[O-])cc(C(=O)O)cc2[N+](=O)[O-])cc1. The maximum absolute atomic E-state index is 11.2. The van der Waals surface area contributed by atoms with E-state index in [4.69, 9.17) is 5.11 Å². The van der Waals surface area contributed by atoms with E-state index in [1.165, 1.54) is 31.2 Å². The van der Waals surface area contributed by atoms with E-state index in [2.05, 4.69) is 10.6 Å². The van der Waals surface area contributed by atoms with Crippen LogP contribution in [0, 0.1) is 20.2 Å². The number of carbonyl (C=O) groups excluding carboxylic acids is 1. The number of amides is 1. The van der Waals surface area contributed by atoms with Crippen LogP contribution >= 0.6 is 0 Å². The van der Waals surface area contributed by atoms with E-state index in [0.29, 0.717) is 5.69 Å². The molecular formula is C15H12N4O7. The molecular weight excluding hydrogens is 348 g/mol. The molecule has 0 fully saturated rings. The Hall–Kier alpha value is -4.02. The third-order valence-corrected chi connectivity index (χ3v) is 3.21. The van der Waals surface area contributed by atoms with Gasteiger partial charge in [0.05, 0.1) is 15.4 Å². The van der Waals surface area contributed by atoms with E-state index in [1.54, 1.807) is 0 Å². The second kappa shape index (κ2) is 7.25. The third kappa shape index (κ3) is 4.08. The van der Waals surface area contributed by atoms with Crippen molar-refractivity contribution in [2.24, 2.45) is 0 Å². The summed E-state index contributed by atoms with van der Waals surface area (Å²) in [6.45, 7) is 1.32. The van der Waals surface area contributed by atoms with Gasteiger partial charge in [-0.05, 0) is 24.3 Å². The van der Waals surface area contributed by atoms with Crippen molar-refractivity contribution in [2.45, 2.75) is 6.92 Å². The summed E-state index contributed by atoms with van der Waals surface area (Å²) in [5.74, 6) is -1.82. The van der Waals surface area contributed by atoms with E-state index in [0.717, 1.165) is 12.1 Å². The number of hydrogen-bond acceptors (Lipinski definition) is 7. The van der Waals surface area contributed by atoms with Gasteiger partial charge in [0.2, 0.25) is 5.91 Å². The van der Waals surface area contributed by atoms with Crippen LogP contribution in [0.1, 0.15) is 17.3 Å². The zero-order valence-corrected chi connectivity index (χ0v) is 13.3. The topological polar surface area (TPSA) is 165 Å². The zero-order chi connectivity index (χ0) is 19.4. The molecule has 0 bridgehead atoms. The largest absolute Gasteiger partial charge is 0.478 e. The van der Waals surface area contributed by atoms with Crippen LogP contribution in [0.25, 0.3) is 0 Å². The first-order chi connectivity index (χ1) is 12.2. The molecule has 0 saturated carbocycles. The first-order valence-electron chi connectivity index (χ1n) is 7.04. The van der Waals surface area contributed by atoms with Crippen LogP contribution in [0.15, 0.2) is 36.4 Å². The number of rotatable bonds is 6. The Morgan fingerprint density at radius 2 is 1.42 bits per heavy atom. The predicted octanol–water partition coefficient (Wildman–Crippen LogP) is 2.90. The molecule has 0 atom stereocenters. The van der Waals surface area contributed by atoms with E-state index in [1.807, 2.05) is 0 Å². The molecule has 2 aromatic rings. The molecule has 1 amide bonds. The number of carbonyl (C=O) groups is 2. The number of nitrogens with zero attached hydrogens (tertiary/aromatic N) is 2. The molecule has 0 aliphatic heterocycles. The summed E-state index contributed by atoms with van der Waals surface area (Å²) < 4.78 is 0. The number of hydrogen-bond donors (Lipinski definition) is 3. The highest BCUT2D eigenvalue weighted by Crippen LogP contribution is 2.38. The minimum Gasteiger partial charge on any atom is -0.478 e. The van der Waals surface area contributed by atoms with Crippen LogP contribution in [-0.4, -0.2) is 26.8 Å². The molecule has 0 saturated heterocycles. The maximum atomic E-state index is 11.2. The molecule has 11 heteroatoms. The summed E-state index contributed by atoms with van der Waals surface area (Å²) in [4.78, 5) is 42.7. The Morgan fingerprint density at radius 1 is 0.962 bits per heavy atom. The quantitative estimate of drug-likeness (QED) is 0.522. The summed E-state index contributed by atoms with van der Waals surface area (Å²) >= 11 is 0. The van der Waals surface area contributed by atoms with Crippen molar-refractivity contribution in [2.75, 3.05) is 10.6 Å². The van der Waals surface area contributed by atoms with E-state index in [-0.39, 0.29) is 11.6 Å². The molecule has 0 radical (unpaired) electrons. The second-order valence-electron chi connectivity index (χ2n) is 5.09. The van der Waals surface area contributed by atoms with Crippen molar-refractivity contribution in [1.29, 1.82) is 0 Å². The first kappa shape index (κ1) is 18.3. The fourth-order valence-corrected chi connectivity index (χ4v) is 2.14. The Bertz CT molecular complexity index is 874. The van der Waals surface area contributed by atoms with Crippen molar-refractivity contribution < 1.29 is 24.5 Å². The third-order valence-electron chi connectivity index (χ3n) is 3.21. The molecule has 26 heavy (non-hydrogen) atoms. The number of carboxylic acid groups (broad SMARTS) is 1. The number of nitro benzene ring substituents is 2. The van der Waals surface area contributed by atoms with E-state index in [9.17, 15) is 29.8 Å². The molecule has 134 valence electrons. The molecule has 0 unspecified atom stereocenters. The highest BCUT2D eigenvalue weighted by molar-refractivity contribution is 5.93. The van der Waals surface area contributed by atoms with Crippen molar-refractivity contribution in [3.63, 3.8) is 0 Å². The molecule has 0 aliphatic carbocycles. The van der Waals surface area contributed by atoms with Crippen LogP contribution in [0.2, 0.25) is 0 Å². The lowest BCUT2D eigenvalue weighted by Crippen LogP contribution is -2.07. The van der Waals surface area contributed by atoms with Crippen molar-refractivity contribution in [3.05, 3.63) is 62.2 Å². The lowest BCUT2D eigenvalue weighted by molar-refractivity contribution is -0.392. The molecule has 2 aromatic carbocycles. The number of nitrogens with one attached hydrogen (secondary N) is 2. The van der Waals surface area contributed by atoms with Crippen molar-refractivity contribution in [1.82, 2.24) is 0 Å². The average molecular weight is 360 g/mol. The smallest absolute Gasteiger partial charge is 0.336 e. The van der Waals surface area contributed by atoms with Gasteiger partial charge in [0.1, 0.15) is 0 Å². The van der Waals surface area contributed by atoms with Gasteiger partial charge >= 0.3 is 17.3 Å². The van der Waals surface area contributed by atoms with Gasteiger partial charge in [0.15, 0.2) is 5.69 Å². The van der Waals surface area contributed by atoms with Gasteiger partial charge in [-0.3, -0.25) is 25.0 Å². The molecule has 0 heterocycles. The number of carboxylic acids is 1. The lowest BCUT2D eigenvalue weighted by Gasteiger charge is -2.10. The van der Waals surface area contributed by atoms with Gasteiger partial charge in [-0.15, -0.1) is 0 Å². The molecule has 0 aromatic heterocycles. The standard InChI is InChI=1S/C15H12N4O7/c1-8(20)16-10-2-4-11(5-3-10)17-14-12(18(23)24)6-9(15(21)22)7-13(14)19(25)26/h2-7,17H,1H3,(H,16,20)(H,21,22). The number of nitro groups is 2. The van der Waals surface area contributed by atoms with Gasteiger partial charge in [-0.1, -0.05) is 0 Å². The van der Waals surface area contributed by atoms with Crippen molar-refractivity contribution in [3.8, 4) is 0 Å². The van der Waals surface area contributed by atoms with Gasteiger partial charge in [-0.25, -0.2) is 4.79 Å². The van der Waals surface area contributed by atoms with Crippen LogP contribution in [0.3, 0.4) is 0 Å².